The van der Waals surface area contributed by atoms with Crippen molar-refractivity contribution < 1.29 is 0 Å². The monoisotopic (exact) mass is 282 g/mol. The van der Waals surface area contributed by atoms with Crippen LogP contribution in [0.15, 0.2) is 0 Å². The van der Waals surface area contributed by atoms with E-state index in [9.17, 15) is 0 Å². The van der Waals surface area contributed by atoms with Crippen molar-refractivity contribution in [1.29, 1.82) is 0 Å². The lowest BCUT2D eigenvalue weighted by atomic mass is 9.84. The zero-order valence-corrected chi connectivity index (χ0v) is 15.1. The molecule has 0 bridgehead atoms. The van der Waals surface area contributed by atoms with E-state index in [1.54, 1.807) is 0 Å². The van der Waals surface area contributed by atoms with Gasteiger partial charge < -0.3 is 5.32 Å². The van der Waals surface area contributed by atoms with Gasteiger partial charge >= 0.3 is 0 Å². The third-order valence-electron chi connectivity index (χ3n) is 5.46. The number of piperazine rings is 1. The first kappa shape index (κ1) is 18.0. The lowest BCUT2D eigenvalue weighted by Gasteiger charge is -2.50. The van der Waals surface area contributed by atoms with Gasteiger partial charge in [-0.25, -0.2) is 0 Å². The average molecular weight is 283 g/mol. The summed E-state index contributed by atoms with van der Waals surface area (Å²) in [6.45, 7) is 20.1. The number of nitrogens with zero attached hydrogens (tertiary/aromatic N) is 1. The van der Waals surface area contributed by atoms with E-state index in [1.165, 1.54) is 45.3 Å². The van der Waals surface area contributed by atoms with Crippen molar-refractivity contribution in [3.05, 3.63) is 0 Å². The molecule has 0 aromatic rings. The van der Waals surface area contributed by atoms with Gasteiger partial charge in [0.2, 0.25) is 0 Å². The van der Waals surface area contributed by atoms with Gasteiger partial charge in [-0.1, -0.05) is 54.9 Å². The van der Waals surface area contributed by atoms with Crippen LogP contribution in [0.1, 0.15) is 74.1 Å². The van der Waals surface area contributed by atoms with Crippen LogP contribution in [-0.2, 0) is 0 Å². The molecule has 2 unspecified atom stereocenters. The molecule has 0 aliphatic carbocycles. The van der Waals surface area contributed by atoms with Gasteiger partial charge in [0.1, 0.15) is 0 Å². The predicted octanol–water partition coefficient (Wildman–Crippen LogP) is 4.30. The van der Waals surface area contributed by atoms with Gasteiger partial charge in [-0.3, -0.25) is 4.90 Å². The fourth-order valence-corrected chi connectivity index (χ4v) is 3.29. The second-order valence-corrected chi connectivity index (χ2v) is 8.10. The van der Waals surface area contributed by atoms with E-state index in [1.807, 2.05) is 0 Å². The molecule has 0 aromatic heterocycles. The van der Waals surface area contributed by atoms with Crippen molar-refractivity contribution in [1.82, 2.24) is 10.2 Å². The smallest absolute Gasteiger partial charge is 0.0304 e. The maximum Gasteiger partial charge on any atom is 0.0304 e. The minimum absolute atomic E-state index is 0.349. The van der Waals surface area contributed by atoms with Crippen LogP contribution in [0.2, 0.25) is 0 Å². The molecular formula is C18H38N2. The lowest BCUT2D eigenvalue weighted by Crippen LogP contribution is -2.65. The lowest BCUT2D eigenvalue weighted by molar-refractivity contribution is 0.0380. The van der Waals surface area contributed by atoms with Crippen LogP contribution in [0.5, 0.6) is 0 Å². The largest absolute Gasteiger partial charge is 0.308 e. The average Bonchev–Trinajstić information content (AvgIpc) is 2.43. The van der Waals surface area contributed by atoms with Crippen LogP contribution >= 0.6 is 0 Å². The molecule has 2 nitrogen and oxygen atoms in total. The molecule has 1 aliphatic heterocycles. The Kier molecular flexibility index (Phi) is 6.53. The standard InChI is InChI=1S/C18H38N2/c1-8-15(4)16-13-19-18(9-2,10-3)14-20(16)12-11-17(5,6)7/h15-16,19H,8-14H2,1-7H3. The molecule has 1 saturated heterocycles. The van der Waals surface area contributed by atoms with Gasteiger partial charge in [0.05, 0.1) is 0 Å². The van der Waals surface area contributed by atoms with Crippen LogP contribution in [-0.4, -0.2) is 36.1 Å². The summed E-state index contributed by atoms with van der Waals surface area (Å²) in [4.78, 5) is 2.79. The zero-order chi connectivity index (χ0) is 15.4. The van der Waals surface area contributed by atoms with E-state index in [2.05, 4.69) is 58.7 Å². The maximum atomic E-state index is 3.88. The molecule has 0 radical (unpaired) electrons. The third kappa shape index (κ3) is 4.73. The van der Waals surface area contributed by atoms with E-state index in [4.69, 9.17) is 0 Å². The van der Waals surface area contributed by atoms with E-state index < -0.39 is 0 Å². The minimum atomic E-state index is 0.349. The van der Waals surface area contributed by atoms with Crippen LogP contribution < -0.4 is 5.32 Å². The van der Waals surface area contributed by atoms with Gasteiger partial charge in [0, 0.05) is 24.7 Å². The molecule has 0 saturated carbocycles. The molecule has 1 rings (SSSR count). The summed E-state index contributed by atoms with van der Waals surface area (Å²) in [5, 5.41) is 3.88. The fourth-order valence-electron chi connectivity index (χ4n) is 3.29. The Bertz CT molecular complexity index is 276. The summed E-state index contributed by atoms with van der Waals surface area (Å²) in [7, 11) is 0. The van der Waals surface area contributed by atoms with E-state index in [0.717, 1.165) is 5.92 Å². The maximum absolute atomic E-state index is 3.88. The van der Waals surface area contributed by atoms with Crippen molar-refractivity contribution in [2.75, 3.05) is 19.6 Å². The zero-order valence-electron chi connectivity index (χ0n) is 15.1. The fraction of sp³-hybridized carbons (Fsp3) is 1.00. The highest BCUT2D eigenvalue weighted by Gasteiger charge is 2.38. The summed E-state index contributed by atoms with van der Waals surface area (Å²) in [6, 6.07) is 0.716. The normalized spacial score (nSPS) is 25.6. The van der Waals surface area contributed by atoms with Crippen LogP contribution in [0, 0.1) is 11.3 Å². The SMILES string of the molecule is CCC(C)C1CNC(CC)(CC)CN1CCC(C)(C)C. The molecule has 20 heavy (non-hydrogen) atoms. The van der Waals surface area contributed by atoms with E-state index >= 15 is 0 Å². The summed E-state index contributed by atoms with van der Waals surface area (Å²) in [5.41, 5.74) is 0.786. The molecule has 1 heterocycles. The molecule has 120 valence electrons. The quantitative estimate of drug-likeness (QED) is 0.781. The van der Waals surface area contributed by atoms with Gasteiger partial charge in [-0.15, -0.1) is 0 Å². The highest BCUT2D eigenvalue weighted by Crippen LogP contribution is 2.28. The number of rotatable bonds is 6. The van der Waals surface area contributed by atoms with E-state index in [0.29, 0.717) is 17.0 Å². The molecule has 2 heteroatoms. The summed E-state index contributed by atoms with van der Waals surface area (Å²) in [5.74, 6) is 0.786. The molecule has 2 atom stereocenters. The summed E-state index contributed by atoms with van der Waals surface area (Å²) < 4.78 is 0. The van der Waals surface area contributed by atoms with Gasteiger partial charge in [0.15, 0.2) is 0 Å². The van der Waals surface area contributed by atoms with Crippen molar-refractivity contribution in [3.8, 4) is 0 Å². The Hall–Kier alpha value is -0.0800. The molecule has 1 aliphatic rings. The number of hydrogen-bond acceptors (Lipinski definition) is 2. The third-order valence-corrected chi connectivity index (χ3v) is 5.46. The predicted molar refractivity (Wildman–Crippen MR) is 90.2 cm³/mol. The molecule has 0 amide bonds. The van der Waals surface area contributed by atoms with Crippen molar-refractivity contribution in [2.24, 2.45) is 11.3 Å². The Morgan fingerprint density at radius 1 is 1.20 bits per heavy atom. The minimum Gasteiger partial charge on any atom is -0.308 e. The van der Waals surface area contributed by atoms with Crippen molar-refractivity contribution >= 4 is 0 Å². The van der Waals surface area contributed by atoms with Crippen molar-refractivity contribution in [3.63, 3.8) is 0 Å². The Morgan fingerprint density at radius 3 is 2.25 bits per heavy atom. The van der Waals surface area contributed by atoms with E-state index in [-0.39, 0.29) is 0 Å². The first-order valence-corrected chi connectivity index (χ1v) is 8.76. The summed E-state index contributed by atoms with van der Waals surface area (Å²) >= 11 is 0. The highest BCUT2D eigenvalue weighted by molar-refractivity contribution is 4.98. The number of hydrogen-bond donors (Lipinski definition) is 1. The highest BCUT2D eigenvalue weighted by atomic mass is 15.3. The van der Waals surface area contributed by atoms with Crippen LogP contribution in [0.4, 0.5) is 0 Å². The molecule has 1 fully saturated rings. The summed E-state index contributed by atoms with van der Waals surface area (Å²) in [6.07, 6.45) is 5.05. The Balaban J connectivity index is 2.77. The second kappa shape index (κ2) is 7.26. The molecule has 1 N–H and O–H groups in total. The molecular weight excluding hydrogens is 244 g/mol. The first-order valence-electron chi connectivity index (χ1n) is 8.76. The second-order valence-electron chi connectivity index (χ2n) is 8.10. The van der Waals surface area contributed by atoms with Crippen LogP contribution in [0.25, 0.3) is 0 Å². The first-order chi connectivity index (χ1) is 9.27. The van der Waals surface area contributed by atoms with Gasteiger partial charge in [-0.2, -0.15) is 0 Å². The van der Waals surface area contributed by atoms with Crippen LogP contribution in [0.3, 0.4) is 0 Å². The molecule has 0 aromatic carbocycles. The number of nitrogens with one attached hydrogen (secondary N) is 1. The van der Waals surface area contributed by atoms with Gasteiger partial charge in [0.25, 0.3) is 0 Å². The Morgan fingerprint density at radius 2 is 1.80 bits per heavy atom. The topological polar surface area (TPSA) is 15.3 Å². The molecule has 0 spiro atoms. The van der Waals surface area contributed by atoms with Crippen molar-refractivity contribution in [2.45, 2.75) is 85.7 Å². The Labute approximate surface area is 127 Å². The van der Waals surface area contributed by atoms with Gasteiger partial charge in [-0.05, 0) is 37.1 Å².